The first-order valence-electron chi connectivity index (χ1n) is 9.04. The summed E-state index contributed by atoms with van der Waals surface area (Å²) in [5, 5.41) is 2.85. The zero-order valence-electron chi connectivity index (χ0n) is 15.5. The summed E-state index contributed by atoms with van der Waals surface area (Å²) in [4.78, 5) is 12.6. The molecule has 27 heavy (non-hydrogen) atoms. The van der Waals surface area contributed by atoms with E-state index in [2.05, 4.69) is 11.9 Å². The maximum absolute atomic E-state index is 13.6. The fourth-order valence-corrected chi connectivity index (χ4v) is 3.46. The molecule has 0 saturated carbocycles. The molecule has 3 rings (SSSR count). The third kappa shape index (κ3) is 4.19. The Morgan fingerprint density at radius 2 is 2.11 bits per heavy atom. The second kappa shape index (κ2) is 8.35. The minimum Gasteiger partial charge on any atom is -0.496 e. The molecular weight excluding hydrogens is 345 g/mol. The van der Waals surface area contributed by atoms with Crippen LogP contribution in [-0.4, -0.2) is 31.8 Å². The van der Waals surface area contributed by atoms with Crippen LogP contribution < -0.4 is 10.1 Å². The Bertz CT molecular complexity index is 811. The Morgan fingerprint density at radius 3 is 2.74 bits per heavy atom. The van der Waals surface area contributed by atoms with E-state index in [1.807, 2.05) is 24.3 Å². The van der Waals surface area contributed by atoms with Gasteiger partial charge >= 0.3 is 0 Å². The third-order valence-corrected chi connectivity index (χ3v) is 4.84. The number of carbonyl (C=O) groups excluding carboxylic acids is 1. The van der Waals surface area contributed by atoms with Gasteiger partial charge in [-0.05, 0) is 42.2 Å². The van der Waals surface area contributed by atoms with Crippen LogP contribution in [0.4, 0.5) is 4.39 Å². The second-order valence-corrected chi connectivity index (χ2v) is 6.66. The number of amides is 1. The van der Waals surface area contributed by atoms with Crippen LogP contribution in [0.5, 0.6) is 5.75 Å². The number of methoxy groups -OCH3 is 1. The van der Waals surface area contributed by atoms with Crippen molar-refractivity contribution in [2.45, 2.75) is 24.9 Å². The molecule has 4 nitrogen and oxygen atoms in total. The molecule has 1 N–H and O–H groups in total. The molecule has 5 heteroatoms. The summed E-state index contributed by atoms with van der Waals surface area (Å²) in [7, 11) is 1.56. The molecule has 0 spiro atoms. The zero-order chi connectivity index (χ0) is 19.3. The number of ether oxygens (including phenoxy) is 2. The molecule has 2 aromatic rings. The maximum atomic E-state index is 13.6. The van der Waals surface area contributed by atoms with E-state index in [0.717, 1.165) is 17.5 Å². The number of hydrogen-bond acceptors (Lipinski definition) is 3. The van der Waals surface area contributed by atoms with Gasteiger partial charge in [0.05, 0.1) is 7.11 Å². The summed E-state index contributed by atoms with van der Waals surface area (Å²) in [6.07, 6.45) is 3.70. The number of benzene rings is 2. The molecule has 1 atom stereocenters. The number of hydrogen-bond donors (Lipinski definition) is 1. The van der Waals surface area contributed by atoms with Gasteiger partial charge in [-0.25, -0.2) is 4.39 Å². The van der Waals surface area contributed by atoms with Crippen molar-refractivity contribution in [2.75, 3.05) is 20.3 Å². The largest absolute Gasteiger partial charge is 0.496 e. The Morgan fingerprint density at radius 1 is 1.33 bits per heavy atom. The van der Waals surface area contributed by atoms with Crippen LogP contribution in [0.3, 0.4) is 0 Å². The average molecular weight is 369 g/mol. The molecule has 1 heterocycles. The second-order valence-electron chi connectivity index (χ2n) is 6.66. The Kier molecular flexibility index (Phi) is 5.91. The highest BCUT2D eigenvalue weighted by atomic mass is 19.1. The van der Waals surface area contributed by atoms with E-state index >= 15 is 0 Å². The molecule has 1 amide bonds. The smallest absolute Gasteiger partial charge is 0.252 e. The van der Waals surface area contributed by atoms with Crippen LogP contribution in [0, 0.1) is 5.82 Å². The molecule has 0 aromatic heterocycles. The van der Waals surface area contributed by atoms with E-state index in [1.165, 1.54) is 12.1 Å². The van der Waals surface area contributed by atoms with Crippen LogP contribution in [-0.2, 0) is 16.0 Å². The van der Waals surface area contributed by atoms with Crippen molar-refractivity contribution in [3.63, 3.8) is 0 Å². The number of carbonyl (C=O) groups is 1. The Hall–Kier alpha value is -2.66. The van der Waals surface area contributed by atoms with Crippen molar-refractivity contribution in [3.8, 4) is 16.9 Å². The predicted octanol–water partition coefficient (Wildman–Crippen LogP) is 3.90. The zero-order valence-corrected chi connectivity index (χ0v) is 15.5. The summed E-state index contributed by atoms with van der Waals surface area (Å²) in [6, 6.07) is 12.2. The predicted molar refractivity (Wildman–Crippen MR) is 103 cm³/mol. The van der Waals surface area contributed by atoms with Crippen LogP contribution in [0.1, 0.15) is 18.4 Å². The first kappa shape index (κ1) is 19.1. The van der Waals surface area contributed by atoms with Crippen LogP contribution in [0.15, 0.2) is 55.1 Å². The SMILES string of the molecule is C=CCNC(=O)[C@@]1(Cc2ccc(-c3cc(F)ccc3OC)cc2)CCCO1. The number of nitrogens with one attached hydrogen (secondary N) is 1. The Labute approximate surface area is 159 Å². The molecule has 1 aliphatic heterocycles. The lowest BCUT2D eigenvalue weighted by Gasteiger charge is -2.27. The number of halogens is 1. The summed E-state index contributed by atoms with van der Waals surface area (Å²) in [5.74, 6) is 0.200. The van der Waals surface area contributed by atoms with Crippen molar-refractivity contribution in [1.29, 1.82) is 0 Å². The molecule has 142 valence electrons. The van der Waals surface area contributed by atoms with E-state index in [0.29, 0.717) is 37.3 Å². The van der Waals surface area contributed by atoms with Crippen molar-refractivity contribution < 1.29 is 18.7 Å². The lowest BCUT2D eigenvalue weighted by molar-refractivity contribution is -0.141. The summed E-state index contributed by atoms with van der Waals surface area (Å²) in [5.41, 5.74) is 1.71. The van der Waals surface area contributed by atoms with E-state index in [1.54, 1.807) is 19.3 Å². The minimum absolute atomic E-state index is 0.101. The number of rotatable bonds is 7. The van der Waals surface area contributed by atoms with Crippen molar-refractivity contribution in [2.24, 2.45) is 0 Å². The van der Waals surface area contributed by atoms with Crippen molar-refractivity contribution in [1.82, 2.24) is 5.32 Å². The summed E-state index contributed by atoms with van der Waals surface area (Å²) in [6.45, 7) is 4.63. The van der Waals surface area contributed by atoms with E-state index < -0.39 is 5.60 Å². The molecule has 0 bridgehead atoms. The highest BCUT2D eigenvalue weighted by Gasteiger charge is 2.42. The highest BCUT2D eigenvalue weighted by molar-refractivity contribution is 5.86. The maximum Gasteiger partial charge on any atom is 0.252 e. The normalized spacial score (nSPS) is 18.9. The molecule has 1 fully saturated rings. The molecule has 0 unspecified atom stereocenters. The fraction of sp³-hybridized carbons (Fsp3) is 0.318. The third-order valence-electron chi connectivity index (χ3n) is 4.84. The van der Waals surface area contributed by atoms with Gasteiger partial charge < -0.3 is 14.8 Å². The summed E-state index contributed by atoms with van der Waals surface area (Å²) >= 11 is 0. The first-order valence-corrected chi connectivity index (χ1v) is 9.04. The van der Waals surface area contributed by atoms with Gasteiger partial charge in [0.2, 0.25) is 0 Å². The monoisotopic (exact) mass is 369 g/mol. The van der Waals surface area contributed by atoms with Gasteiger partial charge in [-0.2, -0.15) is 0 Å². The van der Waals surface area contributed by atoms with Gasteiger partial charge in [0.1, 0.15) is 11.6 Å². The minimum atomic E-state index is -0.832. The lowest BCUT2D eigenvalue weighted by Crippen LogP contribution is -2.48. The topological polar surface area (TPSA) is 47.6 Å². The fourth-order valence-electron chi connectivity index (χ4n) is 3.46. The molecule has 2 aromatic carbocycles. The summed E-state index contributed by atoms with van der Waals surface area (Å²) < 4.78 is 24.8. The van der Waals surface area contributed by atoms with Crippen LogP contribution >= 0.6 is 0 Å². The molecule has 1 saturated heterocycles. The van der Waals surface area contributed by atoms with Crippen LogP contribution in [0.2, 0.25) is 0 Å². The van der Waals surface area contributed by atoms with E-state index in [9.17, 15) is 9.18 Å². The average Bonchev–Trinajstić information content (AvgIpc) is 3.16. The van der Waals surface area contributed by atoms with Gasteiger partial charge in [0.15, 0.2) is 5.60 Å². The molecule has 0 aliphatic carbocycles. The molecule has 0 radical (unpaired) electrons. The highest BCUT2D eigenvalue weighted by Crippen LogP contribution is 2.33. The van der Waals surface area contributed by atoms with Gasteiger partial charge in [-0.15, -0.1) is 6.58 Å². The quantitative estimate of drug-likeness (QED) is 0.753. The van der Waals surface area contributed by atoms with Gasteiger partial charge in [-0.1, -0.05) is 30.3 Å². The van der Waals surface area contributed by atoms with Gasteiger partial charge in [0, 0.05) is 25.1 Å². The van der Waals surface area contributed by atoms with Crippen LogP contribution in [0.25, 0.3) is 11.1 Å². The molecular formula is C22H24FNO3. The van der Waals surface area contributed by atoms with Crippen molar-refractivity contribution in [3.05, 3.63) is 66.5 Å². The lowest BCUT2D eigenvalue weighted by atomic mass is 9.89. The molecule has 1 aliphatic rings. The van der Waals surface area contributed by atoms with E-state index in [4.69, 9.17) is 9.47 Å². The van der Waals surface area contributed by atoms with Crippen molar-refractivity contribution >= 4 is 5.91 Å². The standard InChI is InChI=1S/C22H24FNO3/c1-3-12-24-21(25)22(11-4-13-27-22)15-16-5-7-17(8-6-16)19-14-18(23)9-10-20(19)26-2/h3,5-10,14H,1,4,11-13,15H2,2H3,(H,24,25)/t22-/m0/s1. The Balaban J connectivity index is 1.82. The first-order chi connectivity index (χ1) is 13.1. The van der Waals surface area contributed by atoms with E-state index in [-0.39, 0.29) is 11.7 Å². The van der Waals surface area contributed by atoms with Gasteiger partial charge in [0.25, 0.3) is 5.91 Å². The van der Waals surface area contributed by atoms with Gasteiger partial charge in [-0.3, -0.25) is 4.79 Å².